The topological polar surface area (TPSA) is 94.2 Å². The highest BCUT2D eigenvalue weighted by molar-refractivity contribution is 7.92. The zero-order valence-electron chi connectivity index (χ0n) is 19.4. The first-order chi connectivity index (χ1) is 16.3. The van der Waals surface area contributed by atoms with E-state index in [0.717, 1.165) is 9.87 Å². The molecule has 0 aliphatic heterocycles. The quantitative estimate of drug-likeness (QED) is 0.419. The maximum Gasteiger partial charge on any atom is 0.264 e. The number of amides is 1. The monoisotopic (exact) mass is 484 g/mol. The van der Waals surface area contributed by atoms with Crippen molar-refractivity contribution in [1.29, 1.82) is 0 Å². The number of hydrogen-bond donors (Lipinski definition) is 1. The molecule has 0 heterocycles. The van der Waals surface area contributed by atoms with E-state index in [1.54, 1.807) is 36.4 Å². The summed E-state index contributed by atoms with van der Waals surface area (Å²) in [4.78, 5) is 12.8. The van der Waals surface area contributed by atoms with Crippen molar-refractivity contribution in [2.75, 3.05) is 38.2 Å². The molecule has 0 saturated heterocycles. The Labute approximate surface area is 200 Å². The Morgan fingerprint density at radius 1 is 0.912 bits per heavy atom. The van der Waals surface area contributed by atoms with Gasteiger partial charge in [-0.05, 0) is 61.0 Å². The number of sulfonamides is 1. The first-order valence-corrected chi connectivity index (χ1v) is 12.0. The zero-order chi connectivity index (χ0) is 24.6. The first kappa shape index (κ1) is 24.9. The standard InChI is InChI=1S/C25H28N2O6S/c1-19-7-6-8-21(17-19)33-16-15-26-25(28)18-27(23-9-4-5-10-24(23)32-3)34(29,30)22-13-11-20(31-2)12-14-22/h4-14,17H,15-16,18H2,1-3H3,(H,26,28). The van der Waals surface area contributed by atoms with E-state index in [4.69, 9.17) is 14.2 Å². The summed E-state index contributed by atoms with van der Waals surface area (Å²) in [7, 11) is -1.14. The van der Waals surface area contributed by atoms with E-state index in [9.17, 15) is 13.2 Å². The summed E-state index contributed by atoms with van der Waals surface area (Å²) in [5, 5.41) is 2.72. The number of nitrogens with one attached hydrogen (secondary N) is 1. The third kappa shape index (κ3) is 6.20. The predicted octanol–water partition coefficient (Wildman–Crippen LogP) is 3.40. The number of carbonyl (C=O) groups is 1. The molecule has 3 aromatic carbocycles. The SMILES string of the molecule is COc1ccc(S(=O)(=O)N(CC(=O)NCCOc2cccc(C)c2)c2ccccc2OC)cc1. The second-order valence-electron chi connectivity index (χ2n) is 7.37. The minimum Gasteiger partial charge on any atom is -0.497 e. The molecule has 1 N–H and O–H groups in total. The molecule has 180 valence electrons. The zero-order valence-corrected chi connectivity index (χ0v) is 20.2. The number of methoxy groups -OCH3 is 2. The Balaban J connectivity index is 1.76. The fourth-order valence-electron chi connectivity index (χ4n) is 3.26. The molecule has 0 radical (unpaired) electrons. The number of ether oxygens (including phenoxy) is 3. The summed E-state index contributed by atoms with van der Waals surface area (Å²) < 4.78 is 44.2. The molecule has 0 atom stereocenters. The minimum absolute atomic E-state index is 0.0230. The van der Waals surface area contributed by atoms with Crippen LogP contribution in [0.3, 0.4) is 0 Å². The molecule has 0 aromatic heterocycles. The lowest BCUT2D eigenvalue weighted by Gasteiger charge is -2.25. The molecule has 0 saturated carbocycles. The highest BCUT2D eigenvalue weighted by Crippen LogP contribution is 2.32. The van der Waals surface area contributed by atoms with Crippen LogP contribution in [-0.4, -0.2) is 48.2 Å². The highest BCUT2D eigenvalue weighted by atomic mass is 32.2. The van der Waals surface area contributed by atoms with Gasteiger partial charge in [-0.2, -0.15) is 0 Å². The molecule has 0 aliphatic carbocycles. The minimum atomic E-state index is -4.08. The van der Waals surface area contributed by atoms with Crippen LogP contribution in [0.4, 0.5) is 5.69 Å². The molecule has 0 unspecified atom stereocenters. The lowest BCUT2D eigenvalue weighted by Crippen LogP contribution is -2.42. The molecule has 34 heavy (non-hydrogen) atoms. The van der Waals surface area contributed by atoms with Crippen molar-refractivity contribution >= 4 is 21.6 Å². The van der Waals surface area contributed by atoms with E-state index in [1.165, 1.54) is 26.4 Å². The Bertz CT molecular complexity index is 1210. The number of hydrogen-bond acceptors (Lipinski definition) is 6. The van der Waals surface area contributed by atoms with Crippen LogP contribution in [0.25, 0.3) is 0 Å². The molecule has 3 rings (SSSR count). The lowest BCUT2D eigenvalue weighted by atomic mass is 10.2. The van der Waals surface area contributed by atoms with Gasteiger partial charge in [-0.1, -0.05) is 24.3 Å². The number of nitrogens with zero attached hydrogens (tertiary/aromatic N) is 1. The number of benzene rings is 3. The van der Waals surface area contributed by atoms with Crippen molar-refractivity contribution in [2.24, 2.45) is 0 Å². The van der Waals surface area contributed by atoms with Crippen LogP contribution in [0.1, 0.15) is 5.56 Å². The number of anilines is 1. The van der Waals surface area contributed by atoms with Crippen molar-refractivity contribution in [3.63, 3.8) is 0 Å². The predicted molar refractivity (Wildman–Crippen MR) is 130 cm³/mol. The number of para-hydroxylation sites is 2. The summed E-state index contributed by atoms with van der Waals surface area (Å²) in [6, 6.07) is 20.2. The second kappa shape index (κ2) is 11.4. The van der Waals surface area contributed by atoms with Gasteiger partial charge in [0.1, 0.15) is 30.4 Å². The highest BCUT2D eigenvalue weighted by Gasteiger charge is 2.29. The second-order valence-corrected chi connectivity index (χ2v) is 9.24. The number of carbonyl (C=O) groups excluding carboxylic acids is 1. The molecule has 0 fully saturated rings. The Kier molecular flexibility index (Phi) is 8.37. The van der Waals surface area contributed by atoms with Crippen molar-refractivity contribution in [2.45, 2.75) is 11.8 Å². The fourth-order valence-corrected chi connectivity index (χ4v) is 4.69. The van der Waals surface area contributed by atoms with Crippen LogP contribution in [0.15, 0.2) is 77.7 Å². The van der Waals surface area contributed by atoms with Gasteiger partial charge >= 0.3 is 0 Å². The number of aryl methyl sites for hydroxylation is 1. The van der Waals surface area contributed by atoms with E-state index in [0.29, 0.717) is 17.2 Å². The Morgan fingerprint density at radius 2 is 1.65 bits per heavy atom. The van der Waals surface area contributed by atoms with Crippen molar-refractivity contribution in [3.05, 3.63) is 78.4 Å². The molecule has 8 nitrogen and oxygen atoms in total. The Morgan fingerprint density at radius 3 is 2.32 bits per heavy atom. The van der Waals surface area contributed by atoms with Gasteiger partial charge in [-0.3, -0.25) is 9.10 Å². The molecule has 3 aromatic rings. The van der Waals surface area contributed by atoms with Crippen molar-refractivity contribution in [3.8, 4) is 17.2 Å². The van der Waals surface area contributed by atoms with Crippen LogP contribution in [0.5, 0.6) is 17.2 Å². The van der Waals surface area contributed by atoms with Crippen LogP contribution < -0.4 is 23.8 Å². The van der Waals surface area contributed by atoms with E-state index >= 15 is 0 Å². The average Bonchev–Trinajstić information content (AvgIpc) is 2.85. The van der Waals surface area contributed by atoms with Crippen LogP contribution in [0.2, 0.25) is 0 Å². The summed E-state index contributed by atoms with van der Waals surface area (Å²) in [6.45, 7) is 1.99. The normalized spacial score (nSPS) is 10.9. The summed E-state index contributed by atoms with van der Waals surface area (Å²) in [6.07, 6.45) is 0. The molecule has 9 heteroatoms. The third-order valence-electron chi connectivity index (χ3n) is 4.97. The third-order valence-corrected chi connectivity index (χ3v) is 6.74. The van der Waals surface area contributed by atoms with Crippen LogP contribution in [0, 0.1) is 6.92 Å². The van der Waals surface area contributed by atoms with Gasteiger partial charge in [0, 0.05) is 0 Å². The Hall–Kier alpha value is -3.72. The van der Waals surface area contributed by atoms with E-state index in [-0.39, 0.29) is 23.7 Å². The lowest BCUT2D eigenvalue weighted by molar-refractivity contribution is -0.119. The first-order valence-electron chi connectivity index (χ1n) is 10.6. The van der Waals surface area contributed by atoms with Crippen molar-refractivity contribution < 1.29 is 27.4 Å². The maximum absolute atomic E-state index is 13.5. The summed E-state index contributed by atoms with van der Waals surface area (Å²) in [5.74, 6) is 1.08. The molecular weight excluding hydrogens is 456 g/mol. The van der Waals surface area contributed by atoms with Crippen molar-refractivity contribution in [1.82, 2.24) is 5.32 Å². The molecular formula is C25H28N2O6S. The van der Waals surface area contributed by atoms with E-state index < -0.39 is 22.5 Å². The van der Waals surface area contributed by atoms with Gasteiger partial charge < -0.3 is 19.5 Å². The summed E-state index contributed by atoms with van der Waals surface area (Å²) >= 11 is 0. The van der Waals surface area contributed by atoms with Gasteiger partial charge in [0.25, 0.3) is 10.0 Å². The fraction of sp³-hybridized carbons (Fsp3) is 0.240. The van der Waals surface area contributed by atoms with Crippen LogP contribution in [-0.2, 0) is 14.8 Å². The summed E-state index contributed by atoms with van der Waals surface area (Å²) in [5.41, 5.74) is 1.32. The van der Waals surface area contributed by atoms with Gasteiger partial charge in [0.05, 0.1) is 31.3 Å². The molecule has 0 spiro atoms. The van der Waals surface area contributed by atoms with Gasteiger partial charge in [-0.15, -0.1) is 0 Å². The van der Waals surface area contributed by atoms with Gasteiger partial charge in [0.15, 0.2) is 0 Å². The van der Waals surface area contributed by atoms with Gasteiger partial charge in [-0.25, -0.2) is 8.42 Å². The van der Waals surface area contributed by atoms with E-state index in [2.05, 4.69) is 5.32 Å². The van der Waals surface area contributed by atoms with Crippen LogP contribution >= 0.6 is 0 Å². The van der Waals surface area contributed by atoms with Gasteiger partial charge in [0.2, 0.25) is 5.91 Å². The molecule has 0 bridgehead atoms. The largest absolute Gasteiger partial charge is 0.497 e. The maximum atomic E-state index is 13.5. The average molecular weight is 485 g/mol. The smallest absolute Gasteiger partial charge is 0.264 e. The molecule has 0 aliphatic rings. The number of rotatable bonds is 11. The molecule has 1 amide bonds. The van der Waals surface area contributed by atoms with E-state index in [1.807, 2.05) is 31.2 Å².